The van der Waals surface area contributed by atoms with Crippen LogP contribution in [0.4, 0.5) is 0 Å². The molecule has 0 bridgehead atoms. The minimum atomic E-state index is -0.674. The van der Waals surface area contributed by atoms with Gasteiger partial charge in [-0.2, -0.15) is 5.26 Å². The lowest BCUT2D eigenvalue weighted by molar-refractivity contribution is -0.114. The molecule has 0 fully saturated rings. The predicted molar refractivity (Wildman–Crippen MR) is 69.7 cm³/mol. The van der Waals surface area contributed by atoms with Crippen LogP contribution in [0.5, 0.6) is 0 Å². The Kier molecular flexibility index (Phi) is 5.79. The Morgan fingerprint density at radius 1 is 1.28 bits per heavy atom. The highest BCUT2D eigenvalue weighted by atomic mass is 16.7. The Labute approximate surface area is 109 Å². The van der Waals surface area contributed by atoms with E-state index in [1.807, 2.05) is 37.3 Å². The van der Waals surface area contributed by atoms with Gasteiger partial charge in [-0.1, -0.05) is 30.3 Å². The molecular formula is C14H20N2O2. The number of nitrogens with one attached hydrogen (secondary N) is 1. The molecule has 0 aliphatic heterocycles. The third-order valence-electron chi connectivity index (χ3n) is 2.87. The van der Waals surface area contributed by atoms with Crippen molar-refractivity contribution in [1.29, 1.82) is 5.26 Å². The molecule has 98 valence electrons. The number of nitrogens with zero attached hydrogens (tertiary/aromatic N) is 1. The molecule has 1 unspecified atom stereocenters. The standard InChI is InChI=1S/C14H20N2O2/c1-14(11-15,9-13(17-2)18-3)16-10-12-7-5-4-6-8-12/h4-8,13,16H,9-10H2,1-3H3. The molecule has 0 heterocycles. The molecule has 1 aromatic rings. The van der Waals surface area contributed by atoms with Gasteiger partial charge in [0.2, 0.25) is 0 Å². The van der Waals surface area contributed by atoms with Crippen LogP contribution in [0.2, 0.25) is 0 Å². The van der Waals surface area contributed by atoms with Gasteiger partial charge in [-0.25, -0.2) is 0 Å². The molecule has 0 saturated heterocycles. The summed E-state index contributed by atoms with van der Waals surface area (Å²) in [6.07, 6.45) is 0.0986. The first-order valence-corrected chi connectivity index (χ1v) is 5.89. The van der Waals surface area contributed by atoms with Gasteiger partial charge in [0.15, 0.2) is 6.29 Å². The van der Waals surface area contributed by atoms with E-state index in [4.69, 9.17) is 9.47 Å². The van der Waals surface area contributed by atoms with Crippen LogP contribution in [0.25, 0.3) is 0 Å². The van der Waals surface area contributed by atoms with Crippen LogP contribution in [0.15, 0.2) is 30.3 Å². The molecule has 1 aromatic carbocycles. The summed E-state index contributed by atoms with van der Waals surface area (Å²) < 4.78 is 10.3. The van der Waals surface area contributed by atoms with Crippen molar-refractivity contribution in [3.05, 3.63) is 35.9 Å². The smallest absolute Gasteiger partial charge is 0.159 e. The predicted octanol–water partition coefficient (Wildman–Crippen LogP) is 2.07. The summed E-state index contributed by atoms with van der Waals surface area (Å²) in [4.78, 5) is 0. The van der Waals surface area contributed by atoms with Gasteiger partial charge in [0.25, 0.3) is 0 Å². The van der Waals surface area contributed by atoms with E-state index in [0.717, 1.165) is 5.56 Å². The average molecular weight is 248 g/mol. The van der Waals surface area contributed by atoms with Crippen molar-refractivity contribution in [2.24, 2.45) is 0 Å². The lowest BCUT2D eigenvalue weighted by Crippen LogP contribution is -2.44. The first-order chi connectivity index (χ1) is 8.63. The summed E-state index contributed by atoms with van der Waals surface area (Å²) >= 11 is 0. The summed E-state index contributed by atoms with van der Waals surface area (Å²) in [5, 5.41) is 12.5. The number of ether oxygens (including phenoxy) is 2. The summed E-state index contributed by atoms with van der Waals surface area (Å²) in [7, 11) is 3.15. The number of hydrogen-bond acceptors (Lipinski definition) is 4. The lowest BCUT2D eigenvalue weighted by Gasteiger charge is -2.27. The van der Waals surface area contributed by atoms with Crippen LogP contribution >= 0.6 is 0 Å². The number of benzene rings is 1. The summed E-state index contributed by atoms with van der Waals surface area (Å²) in [6, 6.07) is 12.3. The van der Waals surface area contributed by atoms with E-state index in [2.05, 4.69) is 11.4 Å². The summed E-state index contributed by atoms with van der Waals surface area (Å²) in [5.74, 6) is 0. The Morgan fingerprint density at radius 2 is 1.89 bits per heavy atom. The van der Waals surface area contributed by atoms with Crippen molar-refractivity contribution in [1.82, 2.24) is 5.32 Å². The average Bonchev–Trinajstić information content (AvgIpc) is 2.44. The topological polar surface area (TPSA) is 54.3 Å². The molecule has 18 heavy (non-hydrogen) atoms. The minimum Gasteiger partial charge on any atom is -0.356 e. The zero-order valence-corrected chi connectivity index (χ0v) is 11.1. The molecule has 1 atom stereocenters. The quantitative estimate of drug-likeness (QED) is 0.750. The Hall–Kier alpha value is -1.41. The van der Waals surface area contributed by atoms with Crippen molar-refractivity contribution < 1.29 is 9.47 Å². The molecule has 0 aliphatic carbocycles. The van der Waals surface area contributed by atoms with Gasteiger partial charge in [0.1, 0.15) is 5.54 Å². The SMILES string of the molecule is COC(CC(C)(C#N)NCc1ccccc1)OC. The Morgan fingerprint density at radius 3 is 2.39 bits per heavy atom. The van der Waals surface area contributed by atoms with Crippen LogP contribution in [0.1, 0.15) is 18.9 Å². The lowest BCUT2D eigenvalue weighted by atomic mass is 9.99. The number of methoxy groups -OCH3 is 2. The summed E-state index contributed by atoms with van der Waals surface area (Å²) in [5.41, 5.74) is 0.470. The Balaban J connectivity index is 2.58. The fourth-order valence-electron chi connectivity index (χ4n) is 1.65. The first kappa shape index (κ1) is 14.7. The van der Waals surface area contributed by atoms with E-state index >= 15 is 0 Å². The van der Waals surface area contributed by atoms with Crippen LogP contribution in [0, 0.1) is 11.3 Å². The van der Waals surface area contributed by atoms with E-state index in [1.165, 1.54) is 0 Å². The molecule has 1 N–H and O–H groups in total. The summed E-state index contributed by atoms with van der Waals surface area (Å²) in [6.45, 7) is 2.49. The third-order valence-corrected chi connectivity index (χ3v) is 2.87. The third kappa shape index (κ3) is 4.46. The van der Waals surface area contributed by atoms with Crippen LogP contribution in [-0.2, 0) is 16.0 Å². The second-order valence-corrected chi connectivity index (χ2v) is 4.39. The van der Waals surface area contributed by atoms with Crippen molar-refractivity contribution in [2.45, 2.75) is 31.7 Å². The normalized spacial score (nSPS) is 14.2. The number of nitriles is 1. The molecule has 1 rings (SSSR count). The highest BCUT2D eigenvalue weighted by Gasteiger charge is 2.27. The van der Waals surface area contributed by atoms with Crippen LogP contribution in [0.3, 0.4) is 0 Å². The van der Waals surface area contributed by atoms with Gasteiger partial charge >= 0.3 is 0 Å². The van der Waals surface area contributed by atoms with Gasteiger partial charge in [-0.15, -0.1) is 0 Å². The molecule has 4 heteroatoms. The van der Waals surface area contributed by atoms with E-state index in [1.54, 1.807) is 14.2 Å². The van der Waals surface area contributed by atoms with Gasteiger partial charge < -0.3 is 9.47 Å². The highest BCUT2D eigenvalue weighted by Crippen LogP contribution is 2.15. The van der Waals surface area contributed by atoms with Gasteiger partial charge in [-0.05, 0) is 12.5 Å². The van der Waals surface area contributed by atoms with E-state index in [0.29, 0.717) is 13.0 Å². The van der Waals surface area contributed by atoms with Crippen LogP contribution in [-0.4, -0.2) is 26.0 Å². The Bertz CT molecular complexity index is 385. The zero-order valence-electron chi connectivity index (χ0n) is 11.1. The molecule has 0 radical (unpaired) electrons. The number of rotatable bonds is 7. The molecule has 0 amide bonds. The van der Waals surface area contributed by atoms with Crippen molar-refractivity contribution in [3.63, 3.8) is 0 Å². The molecule has 0 saturated carbocycles. The molecule has 4 nitrogen and oxygen atoms in total. The van der Waals surface area contributed by atoms with Gasteiger partial charge in [-0.3, -0.25) is 5.32 Å². The molecule has 0 aromatic heterocycles. The van der Waals surface area contributed by atoms with Crippen molar-refractivity contribution in [2.75, 3.05) is 14.2 Å². The van der Waals surface area contributed by atoms with Gasteiger partial charge in [0, 0.05) is 27.2 Å². The fourth-order valence-corrected chi connectivity index (χ4v) is 1.65. The zero-order chi connectivity index (χ0) is 13.4. The maximum atomic E-state index is 9.28. The minimum absolute atomic E-state index is 0.377. The second kappa shape index (κ2) is 7.12. The maximum absolute atomic E-state index is 9.28. The molecule has 0 aliphatic rings. The van der Waals surface area contributed by atoms with Crippen molar-refractivity contribution >= 4 is 0 Å². The second-order valence-electron chi connectivity index (χ2n) is 4.39. The molecule has 0 spiro atoms. The molecular weight excluding hydrogens is 228 g/mol. The number of hydrogen-bond donors (Lipinski definition) is 1. The van der Waals surface area contributed by atoms with Gasteiger partial charge in [0.05, 0.1) is 6.07 Å². The van der Waals surface area contributed by atoms with E-state index < -0.39 is 5.54 Å². The van der Waals surface area contributed by atoms with Crippen LogP contribution < -0.4 is 5.32 Å². The van der Waals surface area contributed by atoms with E-state index in [-0.39, 0.29) is 6.29 Å². The monoisotopic (exact) mass is 248 g/mol. The highest BCUT2D eigenvalue weighted by molar-refractivity contribution is 5.16. The fraction of sp³-hybridized carbons (Fsp3) is 0.500. The maximum Gasteiger partial charge on any atom is 0.159 e. The van der Waals surface area contributed by atoms with Crippen molar-refractivity contribution in [3.8, 4) is 6.07 Å². The largest absolute Gasteiger partial charge is 0.356 e. The van der Waals surface area contributed by atoms with E-state index in [9.17, 15) is 5.26 Å². The first-order valence-electron chi connectivity index (χ1n) is 5.89.